The van der Waals surface area contributed by atoms with Crippen LogP contribution in [0.3, 0.4) is 0 Å². The Kier molecular flexibility index (Phi) is 5.14. The number of ether oxygens (including phenoxy) is 1. The molecule has 1 spiro atoms. The van der Waals surface area contributed by atoms with Gasteiger partial charge in [0.2, 0.25) is 0 Å². The highest BCUT2D eigenvalue weighted by molar-refractivity contribution is 7.12. The summed E-state index contributed by atoms with van der Waals surface area (Å²) in [6, 6.07) is 1.99. The molecule has 7 heteroatoms. The van der Waals surface area contributed by atoms with Crippen LogP contribution in [0.2, 0.25) is 0 Å². The van der Waals surface area contributed by atoms with E-state index in [0.29, 0.717) is 0 Å². The molecular formula is C19H25N3O2S2. The Morgan fingerprint density at radius 3 is 2.69 bits per heavy atom. The topological polar surface area (TPSA) is 45.7 Å². The van der Waals surface area contributed by atoms with Gasteiger partial charge in [-0.15, -0.1) is 22.7 Å². The van der Waals surface area contributed by atoms with Crippen molar-refractivity contribution in [1.82, 2.24) is 14.8 Å². The van der Waals surface area contributed by atoms with Crippen LogP contribution in [0, 0.1) is 13.8 Å². The molecule has 0 atom stereocenters. The minimum atomic E-state index is -0.106. The lowest BCUT2D eigenvalue weighted by Crippen LogP contribution is -2.57. The third-order valence-corrected chi connectivity index (χ3v) is 7.14. The summed E-state index contributed by atoms with van der Waals surface area (Å²) in [5.41, 5.74) is 2.21. The fourth-order valence-corrected chi connectivity index (χ4v) is 5.36. The van der Waals surface area contributed by atoms with Crippen molar-refractivity contribution in [2.45, 2.75) is 38.8 Å². The van der Waals surface area contributed by atoms with Crippen molar-refractivity contribution in [2.75, 3.05) is 32.8 Å². The van der Waals surface area contributed by atoms with E-state index in [2.05, 4.69) is 22.2 Å². The molecule has 0 aliphatic carbocycles. The Morgan fingerprint density at radius 1 is 1.23 bits per heavy atom. The summed E-state index contributed by atoms with van der Waals surface area (Å²) in [6.07, 6.45) is 1.82. The maximum atomic E-state index is 12.7. The molecule has 140 valence electrons. The number of thiophene rings is 1. The van der Waals surface area contributed by atoms with Crippen molar-refractivity contribution < 1.29 is 9.53 Å². The highest BCUT2D eigenvalue weighted by Gasteiger charge is 2.40. The number of hydrogen-bond donors (Lipinski definition) is 0. The monoisotopic (exact) mass is 391 g/mol. The molecule has 4 rings (SSSR count). The van der Waals surface area contributed by atoms with E-state index in [1.807, 2.05) is 23.3 Å². The molecule has 2 fully saturated rings. The molecule has 0 bridgehead atoms. The Hall–Kier alpha value is -1.28. The van der Waals surface area contributed by atoms with Gasteiger partial charge in [-0.25, -0.2) is 4.98 Å². The van der Waals surface area contributed by atoms with Crippen LogP contribution in [0.4, 0.5) is 0 Å². The maximum absolute atomic E-state index is 12.7. The summed E-state index contributed by atoms with van der Waals surface area (Å²) in [7, 11) is 0. The Bertz CT molecular complexity index is 777. The average molecular weight is 392 g/mol. The lowest BCUT2D eigenvalue weighted by Gasteiger charge is -2.47. The number of piperidine rings is 1. The maximum Gasteiger partial charge on any atom is 0.263 e. The van der Waals surface area contributed by atoms with E-state index in [1.165, 1.54) is 0 Å². The number of likely N-dealkylation sites (tertiary alicyclic amines) is 1. The highest BCUT2D eigenvalue weighted by atomic mass is 32.1. The van der Waals surface area contributed by atoms with Gasteiger partial charge in [0.1, 0.15) is 0 Å². The summed E-state index contributed by atoms with van der Waals surface area (Å²) < 4.78 is 6.22. The van der Waals surface area contributed by atoms with Crippen molar-refractivity contribution >= 4 is 28.6 Å². The number of hydrogen-bond acceptors (Lipinski definition) is 6. The molecule has 0 aromatic carbocycles. The minimum Gasteiger partial charge on any atom is -0.372 e. The van der Waals surface area contributed by atoms with Gasteiger partial charge in [0.05, 0.1) is 27.8 Å². The van der Waals surface area contributed by atoms with Crippen LogP contribution in [-0.4, -0.2) is 59.1 Å². The van der Waals surface area contributed by atoms with E-state index in [1.54, 1.807) is 22.7 Å². The Labute approximate surface area is 162 Å². The second-order valence-electron chi connectivity index (χ2n) is 7.38. The van der Waals surface area contributed by atoms with Crippen LogP contribution >= 0.6 is 22.7 Å². The summed E-state index contributed by atoms with van der Waals surface area (Å²) in [5.74, 6) is 0.170. The zero-order chi connectivity index (χ0) is 18.1. The lowest BCUT2D eigenvalue weighted by molar-refractivity contribution is -0.134. The van der Waals surface area contributed by atoms with E-state index in [0.717, 1.165) is 73.3 Å². The second kappa shape index (κ2) is 7.38. The summed E-state index contributed by atoms with van der Waals surface area (Å²) in [4.78, 5) is 22.6. The van der Waals surface area contributed by atoms with Gasteiger partial charge in [0.15, 0.2) is 0 Å². The number of aryl methyl sites for hydroxylation is 2. The number of amides is 1. The van der Waals surface area contributed by atoms with E-state index >= 15 is 0 Å². The van der Waals surface area contributed by atoms with Gasteiger partial charge in [0.25, 0.3) is 5.91 Å². The first kappa shape index (κ1) is 18.1. The van der Waals surface area contributed by atoms with Crippen LogP contribution in [0.15, 0.2) is 16.8 Å². The quantitative estimate of drug-likeness (QED) is 0.805. The van der Waals surface area contributed by atoms with E-state index in [-0.39, 0.29) is 11.5 Å². The zero-order valence-electron chi connectivity index (χ0n) is 15.4. The summed E-state index contributed by atoms with van der Waals surface area (Å²) in [5, 5.41) is 5.32. The van der Waals surface area contributed by atoms with Gasteiger partial charge in [-0.3, -0.25) is 9.69 Å². The van der Waals surface area contributed by atoms with Crippen LogP contribution < -0.4 is 0 Å². The van der Waals surface area contributed by atoms with E-state index < -0.39 is 0 Å². The van der Waals surface area contributed by atoms with Gasteiger partial charge >= 0.3 is 0 Å². The number of carbonyl (C=O) groups is 1. The first-order chi connectivity index (χ1) is 12.5. The molecule has 2 aliphatic heterocycles. The normalized spacial score (nSPS) is 20.6. The van der Waals surface area contributed by atoms with Gasteiger partial charge in [0, 0.05) is 38.1 Å². The molecule has 2 aromatic heterocycles. The van der Waals surface area contributed by atoms with Crippen molar-refractivity contribution in [3.63, 3.8) is 0 Å². The van der Waals surface area contributed by atoms with E-state index in [9.17, 15) is 4.79 Å². The average Bonchev–Trinajstić information content (AvgIpc) is 3.23. The number of aromatic nitrogens is 1. The Balaban J connectivity index is 1.35. The molecule has 2 saturated heterocycles. The van der Waals surface area contributed by atoms with Crippen molar-refractivity contribution in [1.29, 1.82) is 0 Å². The van der Waals surface area contributed by atoms with Gasteiger partial charge in [-0.2, -0.15) is 0 Å². The fraction of sp³-hybridized carbons (Fsp3) is 0.579. The number of morpholine rings is 1. The summed E-state index contributed by atoms with van der Waals surface area (Å²) >= 11 is 3.26. The summed E-state index contributed by atoms with van der Waals surface area (Å²) in [6.45, 7) is 9.19. The fourth-order valence-electron chi connectivity index (χ4n) is 3.89. The predicted octanol–water partition coefficient (Wildman–Crippen LogP) is 3.33. The third kappa shape index (κ3) is 3.86. The molecule has 1 amide bonds. The first-order valence-corrected chi connectivity index (χ1v) is 10.9. The van der Waals surface area contributed by atoms with Gasteiger partial charge in [-0.1, -0.05) is 0 Å². The van der Waals surface area contributed by atoms with Crippen molar-refractivity contribution in [3.8, 4) is 0 Å². The molecule has 26 heavy (non-hydrogen) atoms. The molecule has 5 nitrogen and oxygen atoms in total. The van der Waals surface area contributed by atoms with Crippen molar-refractivity contribution in [2.24, 2.45) is 0 Å². The third-order valence-electron chi connectivity index (χ3n) is 5.28. The molecule has 0 unspecified atom stereocenters. The second-order valence-corrected chi connectivity index (χ2v) is 9.35. The molecule has 2 aliphatic rings. The molecule has 2 aromatic rings. The largest absolute Gasteiger partial charge is 0.372 e. The number of carbonyl (C=O) groups excluding carboxylic acids is 1. The standard InChI is InChI=1S/C19H25N3O2S2/c1-14-9-17(26-11-14)18(23)22-5-3-19(4-6-22)13-21(7-8-24-19)10-16-12-25-15(2)20-16/h9,11-12H,3-8,10,13H2,1-2H3. The van der Waals surface area contributed by atoms with Crippen LogP contribution in [0.5, 0.6) is 0 Å². The lowest BCUT2D eigenvalue weighted by atomic mass is 9.89. The minimum absolute atomic E-state index is 0.106. The predicted molar refractivity (Wildman–Crippen MR) is 105 cm³/mol. The van der Waals surface area contributed by atoms with Crippen LogP contribution in [0.25, 0.3) is 0 Å². The molecule has 0 saturated carbocycles. The number of nitrogens with zero attached hydrogens (tertiary/aromatic N) is 3. The van der Waals surface area contributed by atoms with Crippen molar-refractivity contribution in [3.05, 3.63) is 38.0 Å². The smallest absolute Gasteiger partial charge is 0.263 e. The van der Waals surface area contributed by atoms with E-state index in [4.69, 9.17) is 4.74 Å². The molecule has 0 radical (unpaired) electrons. The van der Waals surface area contributed by atoms with Crippen LogP contribution in [-0.2, 0) is 11.3 Å². The first-order valence-electron chi connectivity index (χ1n) is 9.15. The SMILES string of the molecule is Cc1csc(C(=O)N2CCC3(CC2)CN(Cc2csc(C)n2)CCO3)c1. The molecule has 4 heterocycles. The molecule has 0 N–H and O–H groups in total. The highest BCUT2D eigenvalue weighted by Crippen LogP contribution is 2.32. The van der Waals surface area contributed by atoms with Gasteiger partial charge in [-0.05, 0) is 43.7 Å². The number of rotatable bonds is 3. The zero-order valence-corrected chi connectivity index (χ0v) is 17.0. The number of thiazole rings is 1. The molecular weight excluding hydrogens is 366 g/mol. The van der Waals surface area contributed by atoms with Crippen LogP contribution in [0.1, 0.15) is 38.8 Å². The van der Waals surface area contributed by atoms with Gasteiger partial charge < -0.3 is 9.64 Å². The Morgan fingerprint density at radius 2 is 2.04 bits per heavy atom.